The summed E-state index contributed by atoms with van der Waals surface area (Å²) in [5, 5.41) is 8.74. The zero-order valence-corrected chi connectivity index (χ0v) is 12.4. The Morgan fingerprint density at radius 2 is 2.00 bits per heavy atom. The van der Waals surface area contributed by atoms with Crippen LogP contribution >= 0.6 is 0 Å². The minimum atomic E-state index is -3.51. The van der Waals surface area contributed by atoms with Gasteiger partial charge in [-0.2, -0.15) is 17.4 Å². The third-order valence-electron chi connectivity index (χ3n) is 3.07. The Balaban J connectivity index is 2.05. The largest absolute Gasteiger partial charge is 0.384 e. The molecule has 0 bridgehead atoms. The highest BCUT2D eigenvalue weighted by molar-refractivity contribution is 7.87. The second-order valence-corrected chi connectivity index (χ2v) is 6.21. The first-order valence-corrected chi connectivity index (χ1v) is 8.07. The van der Waals surface area contributed by atoms with Crippen LogP contribution in [-0.2, 0) is 21.5 Å². The van der Waals surface area contributed by atoms with Gasteiger partial charge in [0.1, 0.15) is 6.61 Å². The summed E-state index contributed by atoms with van der Waals surface area (Å²) in [6, 6.07) is 7.24. The first-order chi connectivity index (χ1) is 10.1. The van der Waals surface area contributed by atoms with Crippen LogP contribution in [0.2, 0.25) is 0 Å². The SMILES string of the molecule is O=S(=O)(NCc1ccccc1C#CCO)N1CCOCC1. The fourth-order valence-electron chi connectivity index (χ4n) is 1.98. The van der Waals surface area contributed by atoms with Crippen LogP contribution in [0, 0.1) is 11.8 Å². The van der Waals surface area contributed by atoms with E-state index in [1.165, 1.54) is 4.31 Å². The molecule has 1 heterocycles. The summed E-state index contributed by atoms with van der Waals surface area (Å²) in [6.07, 6.45) is 0. The molecule has 1 aliphatic rings. The molecule has 0 atom stereocenters. The van der Waals surface area contributed by atoms with Crippen LogP contribution in [0.15, 0.2) is 24.3 Å². The molecule has 1 aliphatic heterocycles. The van der Waals surface area contributed by atoms with Crippen LogP contribution in [0.4, 0.5) is 0 Å². The number of ether oxygens (including phenoxy) is 1. The molecule has 0 aromatic heterocycles. The number of nitrogens with one attached hydrogen (secondary N) is 1. The molecule has 114 valence electrons. The van der Waals surface area contributed by atoms with Crippen molar-refractivity contribution >= 4 is 10.2 Å². The smallest absolute Gasteiger partial charge is 0.279 e. The maximum Gasteiger partial charge on any atom is 0.279 e. The van der Waals surface area contributed by atoms with Gasteiger partial charge in [-0.25, -0.2) is 0 Å². The molecule has 0 spiro atoms. The van der Waals surface area contributed by atoms with Gasteiger partial charge in [0.25, 0.3) is 10.2 Å². The molecule has 0 amide bonds. The Bertz CT molecular complexity index is 628. The molecule has 0 unspecified atom stereocenters. The van der Waals surface area contributed by atoms with Crippen LogP contribution in [0.5, 0.6) is 0 Å². The van der Waals surface area contributed by atoms with Crippen molar-refractivity contribution in [2.45, 2.75) is 6.54 Å². The van der Waals surface area contributed by atoms with Gasteiger partial charge in [0, 0.05) is 25.2 Å². The summed E-state index contributed by atoms with van der Waals surface area (Å²) in [7, 11) is -3.51. The minimum Gasteiger partial charge on any atom is -0.384 e. The Labute approximate surface area is 124 Å². The molecular weight excluding hydrogens is 292 g/mol. The van der Waals surface area contributed by atoms with Gasteiger partial charge in [0.15, 0.2) is 0 Å². The van der Waals surface area contributed by atoms with Crippen molar-refractivity contribution in [3.05, 3.63) is 35.4 Å². The summed E-state index contributed by atoms with van der Waals surface area (Å²) in [5.41, 5.74) is 1.48. The lowest BCUT2D eigenvalue weighted by Crippen LogP contribution is -2.46. The number of benzene rings is 1. The summed E-state index contributed by atoms with van der Waals surface area (Å²) in [4.78, 5) is 0. The van der Waals surface area contributed by atoms with Gasteiger partial charge < -0.3 is 9.84 Å². The fourth-order valence-corrected chi connectivity index (χ4v) is 3.13. The van der Waals surface area contributed by atoms with E-state index in [9.17, 15) is 8.42 Å². The second-order valence-electron chi connectivity index (χ2n) is 4.45. The molecule has 0 aliphatic carbocycles. The topological polar surface area (TPSA) is 78.9 Å². The van der Waals surface area contributed by atoms with Gasteiger partial charge >= 0.3 is 0 Å². The molecule has 21 heavy (non-hydrogen) atoms. The number of rotatable bonds is 4. The normalized spacial score (nSPS) is 16.2. The molecular formula is C14H18N2O4S. The lowest BCUT2D eigenvalue weighted by atomic mass is 10.1. The van der Waals surface area contributed by atoms with Gasteiger partial charge in [-0.1, -0.05) is 30.0 Å². The van der Waals surface area contributed by atoms with Crippen LogP contribution in [0.25, 0.3) is 0 Å². The van der Waals surface area contributed by atoms with E-state index in [1.807, 2.05) is 18.2 Å². The highest BCUT2D eigenvalue weighted by Gasteiger charge is 2.23. The molecule has 2 rings (SSSR count). The van der Waals surface area contributed by atoms with Crippen LogP contribution in [0.1, 0.15) is 11.1 Å². The van der Waals surface area contributed by atoms with Crippen LogP contribution in [0.3, 0.4) is 0 Å². The number of hydrogen-bond donors (Lipinski definition) is 2. The molecule has 1 aromatic rings. The van der Waals surface area contributed by atoms with E-state index in [2.05, 4.69) is 16.6 Å². The monoisotopic (exact) mass is 310 g/mol. The van der Waals surface area contributed by atoms with Gasteiger partial charge in [-0.15, -0.1) is 0 Å². The third-order valence-corrected chi connectivity index (χ3v) is 4.63. The van der Waals surface area contributed by atoms with Gasteiger partial charge in [-0.05, 0) is 11.6 Å². The zero-order chi connectivity index (χ0) is 15.1. The molecule has 1 fully saturated rings. The standard InChI is InChI=1S/C14H18N2O4S/c17-9-3-6-13-4-1-2-5-14(13)12-15-21(18,19)16-7-10-20-11-8-16/h1-2,4-5,15,17H,7-12H2. The van der Waals surface area contributed by atoms with Crippen molar-refractivity contribution in [1.29, 1.82) is 0 Å². The quantitative estimate of drug-likeness (QED) is 0.748. The maximum atomic E-state index is 12.2. The second kappa shape index (κ2) is 7.54. The highest BCUT2D eigenvalue weighted by atomic mass is 32.2. The predicted molar refractivity (Wildman–Crippen MR) is 78.6 cm³/mol. The van der Waals surface area contributed by atoms with Crippen molar-refractivity contribution in [1.82, 2.24) is 9.03 Å². The van der Waals surface area contributed by atoms with Gasteiger partial charge in [0.2, 0.25) is 0 Å². The summed E-state index contributed by atoms with van der Waals surface area (Å²) >= 11 is 0. The van der Waals surface area contributed by atoms with Crippen molar-refractivity contribution < 1.29 is 18.3 Å². The maximum absolute atomic E-state index is 12.2. The van der Waals surface area contributed by atoms with E-state index in [4.69, 9.17) is 9.84 Å². The van der Waals surface area contributed by atoms with E-state index in [0.717, 1.165) is 5.56 Å². The average molecular weight is 310 g/mol. The molecule has 2 N–H and O–H groups in total. The lowest BCUT2D eigenvalue weighted by molar-refractivity contribution is 0.0725. The van der Waals surface area contributed by atoms with E-state index < -0.39 is 10.2 Å². The van der Waals surface area contributed by atoms with E-state index >= 15 is 0 Å². The van der Waals surface area contributed by atoms with Crippen molar-refractivity contribution in [2.75, 3.05) is 32.9 Å². The average Bonchev–Trinajstić information content (AvgIpc) is 2.52. The van der Waals surface area contributed by atoms with E-state index in [0.29, 0.717) is 31.9 Å². The number of aliphatic hydroxyl groups is 1. The summed E-state index contributed by atoms with van der Waals surface area (Å²) in [5.74, 6) is 5.38. The Kier molecular flexibility index (Phi) is 5.73. The van der Waals surface area contributed by atoms with Crippen molar-refractivity contribution in [3.63, 3.8) is 0 Å². The Hall–Kier alpha value is -1.43. The van der Waals surface area contributed by atoms with Crippen LogP contribution in [-0.4, -0.2) is 50.7 Å². The Morgan fingerprint density at radius 3 is 2.71 bits per heavy atom. The molecule has 6 nitrogen and oxygen atoms in total. The number of aliphatic hydroxyl groups excluding tert-OH is 1. The number of morpholine rings is 1. The molecule has 0 saturated carbocycles. The molecule has 1 saturated heterocycles. The highest BCUT2D eigenvalue weighted by Crippen LogP contribution is 2.09. The zero-order valence-electron chi connectivity index (χ0n) is 11.6. The molecule has 0 radical (unpaired) electrons. The first kappa shape index (κ1) is 15.9. The fraction of sp³-hybridized carbons (Fsp3) is 0.429. The number of nitrogens with zero attached hydrogens (tertiary/aromatic N) is 1. The predicted octanol–water partition coefficient (Wildman–Crippen LogP) is -0.303. The number of hydrogen-bond acceptors (Lipinski definition) is 4. The van der Waals surface area contributed by atoms with Gasteiger partial charge in [-0.3, -0.25) is 0 Å². The van der Waals surface area contributed by atoms with Crippen molar-refractivity contribution in [2.24, 2.45) is 0 Å². The van der Waals surface area contributed by atoms with Crippen molar-refractivity contribution in [3.8, 4) is 11.8 Å². The lowest BCUT2D eigenvalue weighted by Gasteiger charge is -2.26. The first-order valence-electron chi connectivity index (χ1n) is 6.63. The van der Waals surface area contributed by atoms with Gasteiger partial charge in [0.05, 0.1) is 13.2 Å². The molecule has 7 heteroatoms. The minimum absolute atomic E-state index is 0.163. The summed E-state index contributed by atoms with van der Waals surface area (Å²) < 4.78 is 33.4. The van der Waals surface area contributed by atoms with E-state index in [1.54, 1.807) is 6.07 Å². The van der Waals surface area contributed by atoms with E-state index in [-0.39, 0.29) is 13.2 Å². The Morgan fingerprint density at radius 1 is 1.29 bits per heavy atom. The molecule has 1 aromatic carbocycles. The van der Waals surface area contributed by atoms with Crippen LogP contribution < -0.4 is 4.72 Å². The summed E-state index contributed by atoms with van der Waals surface area (Å²) in [6.45, 7) is 1.49. The third kappa shape index (κ3) is 4.52.